The number of imidazole rings is 1. The molecule has 0 unspecified atom stereocenters. The zero-order valence-electron chi connectivity index (χ0n) is 17.6. The van der Waals surface area contributed by atoms with Gasteiger partial charge in [0.1, 0.15) is 6.73 Å². The molecule has 3 aromatic rings. The Balaban J connectivity index is 1.89. The number of carbonyl (C=O) groups excluding carboxylic acids is 2. The van der Waals surface area contributed by atoms with Gasteiger partial charge in [-0.15, -0.1) is 0 Å². The van der Waals surface area contributed by atoms with Crippen molar-refractivity contribution in [2.75, 3.05) is 13.7 Å². The number of ketones is 1. The minimum absolute atomic E-state index is 0.0351. The van der Waals surface area contributed by atoms with Crippen molar-refractivity contribution in [2.45, 2.75) is 38.8 Å². The van der Waals surface area contributed by atoms with E-state index < -0.39 is 14.0 Å². The van der Waals surface area contributed by atoms with Crippen LogP contribution in [0.15, 0.2) is 30.6 Å². The molecule has 0 spiro atoms. The standard InChI is InChI=1S/C21H26ClN3O4Si/c1-28-18(26)12-16-15-6-5-14(22)11-17(15)24-19(16)20(27)21-23-7-8-25(21)13-29-9-10-30(2,3)4/h5-8,11,24H,9-10,12-13H2,1-4H3. The Morgan fingerprint density at radius 3 is 2.73 bits per heavy atom. The summed E-state index contributed by atoms with van der Waals surface area (Å²) in [7, 11) is 0.125. The summed E-state index contributed by atoms with van der Waals surface area (Å²) in [5.74, 6) is -0.510. The highest BCUT2D eigenvalue weighted by molar-refractivity contribution is 6.76. The van der Waals surface area contributed by atoms with E-state index in [1.807, 2.05) is 0 Å². The summed E-state index contributed by atoms with van der Waals surface area (Å²) in [6.45, 7) is 7.73. The van der Waals surface area contributed by atoms with Crippen LogP contribution in [0.3, 0.4) is 0 Å². The van der Waals surface area contributed by atoms with Crippen LogP contribution in [-0.4, -0.2) is 48.1 Å². The van der Waals surface area contributed by atoms with E-state index in [1.54, 1.807) is 35.2 Å². The molecule has 160 valence electrons. The first-order chi connectivity index (χ1) is 14.2. The summed E-state index contributed by atoms with van der Waals surface area (Å²) in [6.07, 6.45) is 3.24. The maximum atomic E-state index is 13.3. The highest BCUT2D eigenvalue weighted by Crippen LogP contribution is 2.27. The third-order valence-corrected chi connectivity index (χ3v) is 6.73. The Labute approximate surface area is 181 Å². The van der Waals surface area contributed by atoms with E-state index in [1.165, 1.54) is 7.11 Å². The van der Waals surface area contributed by atoms with Crippen molar-refractivity contribution in [3.63, 3.8) is 0 Å². The average molecular weight is 448 g/mol. The minimum atomic E-state index is -1.19. The third kappa shape index (κ3) is 5.19. The zero-order valence-corrected chi connectivity index (χ0v) is 19.4. The van der Waals surface area contributed by atoms with Gasteiger partial charge >= 0.3 is 5.97 Å². The van der Waals surface area contributed by atoms with Gasteiger partial charge in [-0.3, -0.25) is 9.59 Å². The van der Waals surface area contributed by atoms with Crippen LogP contribution in [0, 0.1) is 0 Å². The maximum absolute atomic E-state index is 13.3. The first-order valence-corrected chi connectivity index (χ1v) is 13.8. The molecule has 0 aliphatic heterocycles. The number of aromatic nitrogens is 3. The van der Waals surface area contributed by atoms with Crippen LogP contribution < -0.4 is 0 Å². The van der Waals surface area contributed by atoms with Gasteiger partial charge in [0, 0.05) is 48.6 Å². The monoisotopic (exact) mass is 447 g/mol. The first-order valence-electron chi connectivity index (χ1n) is 9.70. The number of hydrogen-bond donors (Lipinski definition) is 1. The molecule has 0 aliphatic rings. The highest BCUT2D eigenvalue weighted by atomic mass is 35.5. The van der Waals surface area contributed by atoms with E-state index in [-0.39, 0.29) is 24.8 Å². The zero-order chi connectivity index (χ0) is 21.9. The van der Waals surface area contributed by atoms with Crippen LogP contribution in [0.25, 0.3) is 10.9 Å². The molecule has 30 heavy (non-hydrogen) atoms. The number of carbonyl (C=O) groups is 2. The molecule has 0 amide bonds. The molecule has 0 fully saturated rings. The second-order valence-corrected chi connectivity index (χ2v) is 14.4. The van der Waals surface area contributed by atoms with Crippen molar-refractivity contribution in [1.82, 2.24) is 14.5 Å². The lowest BCUT2D eigenvalue weighted by atomic mass is 10.0. The van der Waals surface area contributed by atoms with Crippen molar-refractivity contribution in [3.8, 4) is 0 Å². The quantitative estimate of drug-likeness (QED) is 0.229. The Hall–Kier alpha value is -2.42. The molecule has 2 heterocycles. The Bertz CT molecular complexity index is 1070. The molecule has 0 saturated carbocycles. The van der Waals surface area contributed by atoms with Crippen molar-refractivity contribution in [3.05, 3.63) is 52.7 Å². The smallest absolute Gasteiger partial charge is 0.310 e. The third-order valence-electron chi connectivity index (χ3n) is 4.79. The number of rotatable bonds is 9. The molecule has 2 aromatic heterocycles. The molecule has 1 N–H and O–H groups in total. The van der Waals surface area contributed by atoms with E-state index in [0.29, 0.717) is 28.4 Å². The van der Waals surface area contributed by atoms with E-state index in [2.05, 4.69) is 29.6 Å². The summed E-state index contributed by atoms with van der Waals surface area (Å²) < 4.78 is 12.3. The van der Waals surface area contributed by atoms with Crippen LogP contribution >= 0.6 is 11.6 Å². The van der Waals surface area contributed by atoms with Gasteiger partial charge in [0.15, 0.2) is 5.82 Å². The average Bonchev–Trinajstić information content (AvgIpc) is 3.28. The fraction of sp³-hybridized carbons (Fsp3) is 0.381. The van der Waals surface area contributed by atoms with Crippen molar-refractivity contribution in [1.29, 1.82) is 0 Å². The van der Waals surface area contributed by atoms with E-state index >= 15 is 0 Å². The van der Waals surface area contributed by atoms with Gasteiger partial charge in [-0.2, -0.15) is 0 Å². The van der Waals surface area contributed by atoms with Crippen LogP contribution in [-0.2, 0) is 27.4 Å². The van der Waals surface area contributed by atoms with Crippen molar-refractivity contribution in [2.24, 2.45) is 0 Å². The number of methoxy groups -OCH3 is 1. The fourth-order valence-electron chi connectivity index (χ4n) is 3.10. The van der Waals surface area contributed by atoms with E-state index in [4.69, 9.17) is 21.1 Å². The first kappa shape index (κ1) is 22.3. The summed E-state index contributed by atoms with van der Waals surface area (Å²) in [5.41, 5.74) is 1.54. The molecule has 0 aliphatic carbocycles. The summed E-state index contributed by atoms with van der Waals surface area (Å²) in [5, 5.41) is 1.28. The Kier molecular flexibility index (Phi) is 6.80. The number of aromatic amines is 1. The second-order valence-electron chi connectivity index (χ2n) is 8.32. The number of nitrogens with zero attached hydrogens (tertiary/aromatic N) is 2. The van der Waals surface area contributed by atoms with Gasteiger partial charge in [-0.05, 0) is 18.2 Å². The number of ether oxygens (including phenoxy) is 2. The molecular weight excluding hydrogens is 422 g/mol. The highest BCUT2D eigenvalue weighted by Gasteiger charge is 2.24. The molecule has 0 bridgehead atoms. The molecule has 0 radical (unpaired) electrons. The summed E-state index contributed by atoms with van der Waals surface area (Å²) in [6, 6.07) is 6.27. The molecule has 1 aromatic carbocycles. The van der Waals surface area contributed by atoms with Gasteiger partial charge in [0.2, 0.25) is 5.78 Å². The van der Waals surface area contributed by atoms with E-state index in [9.17, 15) is 9.59 Å². The van der Waals surface area contributed by atoms with Crippen LogP contribution in [0.5, 0.6) is 0 Å². The molecular formula is C21H26ClN3O4Si. The van der Waals surface area contributed by atoms with Gasteiger partial charge in [-0.25, -0.2) is 4.98 Å². The molecule has 7 nitrogen and oxygen atoms in total. The molecule has 3 rings (SSSR count). The number of fused-ring (bicyclic) bond motifs is 1. The lowest BCUT2D eigenvalue weighted by Crippen LogP contribution is -2.22. The number of hydrogen-bond acceptors (Lipinski definition) is 5. The number of halogens is 1. The minimum Gasteiger partial charge on any atom is -0.469 e. The summed E-state index contributed by atoms with van der Waals surface area (Å²) in [4.78, 5) is 32.6. The van der Waals surface area contributed by atoms with Crippen LogP contribution in [0.1, 0.15) is 21.9 Å². The number of esters is 1. The van der Waals surface area contributed by atoms with E-state index in [0.717, 1.165) is 11.4 Å². The van der Waals surface area contributed by atoms with Gasteiger partial charge < -0.3 is 19.0 Å². The molecule has 9 heteroatoms. The lowest BCUT2D eigenvalue weighted by molar-refractivity contribution is -0.139. The normalized spacial score (nSPS) is 11.8. The number of nitrogens with one attached hydrogen (secondary N) is 1. The van der Waals surface area contributed by atoms with Gasteiger partial charge in [0.25, 0.3) is 0 Å². The Morgan fingerprint density at radius 2 is 2.03 bits per heavy atom. The molecule has 0 atom stereocenters. The van der Waals surface area contributed by atoms with Gasteiger partial charge in [-0.1, -0.05) is 37.3 Å². The van der Waals surface area contributed by atoms with Crippen molar-refractivity contribution >= 4 is 42.3 Å². The Morgan fingerprint density at radius 1 is 1.27 bits per heavy atom. The number of benzene rings is 1. The van der Waals surface area contributed by atoms with Crippen molar-refractivity contribution < 1.29 is 19.1 Å². The fourth-order valence-corrected chi connectivity index (χ4v) is 4.03. The predicted molar refractivity (Wildman–Crippen MR) is 119 cm³/mol. The topological polar surface area (TPSA) is 86.2 Å². The van der Waals surface area contributed by atoms with Gasteiger partial charge in [0.05, 0.1) is 19.2 Å². The predicted octanol–water partition coefficient (Wildman–Crippen LogP) is 4.28. The second kappa shape index (κ2) is 9.16. The molecule has 0 saturated heterocycles. The number of H-pyrrole nitrogens is 1. The van der Waals surface area contributed by atoms with Crippen LogP contribution in [0.2, 0.25) is 30.7 Å². The summed E-state index contributed by atoms with van der Waals surface area (Å²) >= 11 is 6.09. The SMILES string of the molecule is COC(=O)Cc1c(C(=O)c2nccn2COCC[Si](C)(C)C)[nH]c2cc(Cl)ccc12. The maximum Gasteiger partial charge on any atom is 0.310 e. The largest absolute Gasteiger partial charge is 0.469 e. The van der Waals surface area contributed by atoms with Crippen LogP contribution in [0.4, 0.5) is 0 Å². The lowest BCUT2D eigenvalue weighted by Gasteiger charge is -2.16.